The van der Waals surface area contributed by atoms with E-state index in [0.29, 0.717) is 31.6 Å². The molecule has 0 atom stereocenters. The molecule has 0 saturated carbocycles. The summed E-state index contributed by atoms with van der Waals surface area (Å²) in [5.74, 6) is -0.539. The van der Waals surface area contributed by atoms with E-state index in [1.165, 1.54) is 11.0 Å². The van der Waals surface area contributed by atoms with Crippen LogP contribution in [0.15, 0.2) is 72.9 Å². The Morgan fingerprint density at radius 2 is 1.70 bits per heavy atom. The summed E-state index contributed by atoms with van der Waals surface area (Å²) in [6.45, 7) is 6.89. The average molecular weight is 541 g/mol. The minimum atomic E-state index is -0.484. The number of carbonyl (C=O) groups is 2. The van der Waals surface area contributed by atoms with Crippen molar-refractivity contribution in [1.29, 1.82) is 0 Å². The molecule has 0 aliphatic rings. The molecule has 8 nitrogen and oxygen atoms in total. The number of nitrogens with one attached hydrogen (secondary N) is 1. The van der Waals surface area contributed by atoms with Crippen molar-refractivity contribution in [3.8, 4) is 0 Å². The standard InChI is InChI=1S/C32H36N4O4/c1-4-5-17-35(32(38)26-15-12-24(3)30(19-26)36(39)40)22-31(37)34(21-25-13-10-23(2)11-14-25)18-16-27-20-33-29-9-7-6-8-28(27)29/h6-15,19-20,33H,4-5,16-18,21-22H2,1-3H3. The summed E-state index contributed by atoms with van der Waals surface area (Å²) >= 11 is 0. The number of nitrogens with zero attached hydrogens (tertiary/aromatic N) is 3. The molecule has 0 aliphatic heterocycles. The highest BCUT2D eigenvalue weighted by atomic mass is 16.6. The highest BCUT2D eigenvalue weighted by Crippen LogP contribution is 2.22. The molecular formula is C32H36N4O4. The van der Waals surface area contributed by atoms with Crippen molar-refractivity contribution in [3.05, 3.63) is 111 Å². The van der Waals surface area contributed by atoms with Gasteiger partial charge in [-0.05, 0) is 49.9 Å². The van der Waals surface area contributed by atoms with Gasteiger partial charge in [0.25, 0.3) is 11.6 Å². The van der Waals surface area contributed by atoms with Crippen molar-refractivity contribution < 1.29 is 14.5 Å². The van der Waals surface area contributed by atoms with E-state index in [4.69, 9.17) is 0 Å². The van der Waals surface area contributed by atoms with Gasteiger partial charge in [0.05, 0.1) is 4.92 Å². The van der Waals surface area contributed by atoms with Crippen LogP contribution in [0.4, 0.5) is 5.69 Å². The molecule has 8 heteroatoms. The summed E-state index contributed by atoms with van der Waals surface area (Å²) < 4.78 is 0. The van der Waals surface area contributed by atoms with Gasteiger partial charge in [-0.25, -0.2) is 0 Å². The highest BCUT2D eigenvalue weighted by Gasteiger charge is 2.24. The predicted octanol–water partition coefficient (Wildman–Crippen LogP) is 6.21. The smallest absolute Gasteiger partial charge is 0.273 e. The summed E-state index contributed by atoms with van der Waals surface area (Å²) in [5.41, 5.74) is 4.93. The third-order valence-corrected chi connectivity index (χ3v) is 7.22. The van der Waals surface area contributed by atoms with Gasteiger partial charge >= 0.3 is 0 Å². The first-order valence-corrected chi connectivity index (χ1v) is 13.7. The molecule has 2 amide bonds. The quantitative estimate of drug-likeness (QED) is 0.171. The molecule has 0 aliphatic carbocycles. The maximum atomic E-state index is 13.8. The zero-order chi connectivity index (χ0) is 28.6. The number of aromatic amines is 1. The number of aryl methyl sites for hydroxylation is 2. The molecule has 0 bridgehead atoms. The van der Waals surface area contributed by atoms with Crippen LogP contribution >= 0.6 is 0 Å². The first-order valence-electron chi connectivity index (χ1n) is 13.7. The number of benzene rings is 3. The molecule has 1 aromatic heterocycles. The van der Waals surface area contributed by atoms with Crippen molar-refractivity contribution in [2.24, 2.45) is 0 Å². The number of hydrogen-bond donors (Lipinski definition) is 1. The largest absolute Gasteiger partial charge is 0.361 e. The number of unbranched alkanes of at least 4 members (excludes halogenated alkanes) is 1. The van der Waals surface area contributed by atoms with E-state index in [1.54, 1.807) is 24.0 Å². The first-order chi connectivity index (χ1) is 19.3. The maximum absolute atomic E-state index is 13.8. The Kier molecular flexibility index (Phi) is 9.32. The monoisotopic (exact) mass is 540 g/mol. The van der Waals surface area contributed by atoms with Crippen LogP contribution in [-0.4, -0.2) is 51.2 Å². The number of nitro groups is 1. The van der Waals surface area contributed by atoms with E-state index < -0.39 is 4.92 Å². The maximum Gasteiger partial charge on any atom is 0.273 e. The van der Waals surface area contributed by atoms with Crippen LogP contribution in [0.2, 0.25) is 0 Å². The van der Waals surface area contributed by atoms with Crippen LogP contribution in [0.3, 0.4) is 0 Å². The second-order valence-electron chi connectivity index (χ2n) is 10.2. The van der Waals surface area contributed by atoms with Crippen molar-refractivity contribution in [2.75, 3.05) is 19.6 Å². The summed E-state index contributed by atoms with van der Waals surface area (Å²) in [6, 6.07) is 20.7. The second kappa shape index (κ2) is 13.1. The summed E-state index contributed by atoms with van der Waals surface area (Å²) in [5, 5.41) is 12.6. The lowest BCUT2D eigenvalue weighted by Crippen LogP contribution is -2.43. The Morgan fingerprint density at radius 3 is 2.42 bits per heavy atom. The number of amides is 2. The molecule has 208 valence electrons. The molecule has 0 saturated heterocycles. The fourth-order valence-electron chi connectivity index (χ4n) is 4.79. The van der Waals surface area contributed by atoms with E-state index in [-0.39, 0.29) is 29.6 Å². The normalized spacial score (nSPS) is 11.0. The Morgan fingerprint density at radius 1 is 0.950 bits per heavy atom. The van der Waals surface area contributed by atoms with Gasteiger partial charge in [-0.2, -0.15) is 0 Å². The van der Waals surface area contributed by atoms with E-state index in [0.717, 1.165) is 40.4 Å². The van der Waals surface area contributed by atoms with Gasteiger partial charge in [0.15, 0.2) is 0 Å². The number of carbonyl (C=O) groups excluding carboxylic acids is 2. The number of fused-ring (bicyclic) bond motifs is 1. The molecule has 0 radical (unpaired) electrons. The number of nitro benzene ring substituents is 1. The van der Waals surface area contributed by atoms with Gasteiger partial charge in [0.1, 0.15) is 6.54 Å². The van der Waals surface area contributed by atoms with Crippen LogP contribution < -0.4 is 0 Å². The fraction of sp³-hybridized carbons (Fsp3) is 0.312. The molecule has 0 unspecified atom stereocenters. The zero-order valence-electron chi connectivity index (χ0n) is 23.4. The summed E-state index contributed by atoms with van der Waals surface area (Å²) in [7, 11) is 0. The second-order valence-corrected chi connectivity index (χ2v) is 10.2. The van der Waals surface area contributed by atoms with Crippen LogP contribution in [0.1, 0.15) is 52.4 Å². The number of hydrogen-bond acceptors (Lipinski definition) is 4. The van der Waals surface area contributed by atoms with Crippen molar-refractivity contribution >= 4 is 28.4 Å². The number of rotatable bonds is 12. The molecule has 1 heterocycles. The van der Waals surface area contributed by atoms with E-state index >= 15 is 0 Å². The molecule has 0 fully saturated rings. The van der Waals surface area contributed by atoms with Crippen molar-refractivity contribution in [2.45, 2.75) is 46.6 Å². The minimum absolute atomic E-state index is 0.0970. The number of aromatic nitrogens is 1. The minimum Gasteiger partial charge on any atom is -0.361 e. The molecular weight excluding hydrogens is 504 g/mol. The van der Waals surface area contributed by atoms with E-state index in [2.05, 4.69) is 11.1 Å². The third-order valence-electron chi connectivity index (χ3n) is 7.22. The summed E-state index contributed by atoms with van der Waals surface area (Å²) in [4.78, 5) is 44.9. The SMILES string of the molecule is CCCCN(CC(=O)N(CCc1c[nH]c2ccccc12)Cc1ccc(C)cc1)C(=O)c1ccc(C)c([N+](=O)[O-])c1. The van der Waals surface area contributed by atoms with Crippen molar-refractivity contribution in [1.82, 2.24) is 14.8 Å². The molecule has 0 spiro atoms. The fourth-order valence-corrected chi connectivity index (χ4v) is 4.79. The summed E-state index contributed by atoms with van der Waals surface area (Å²) in [6.07, 6.45) is 4.22. The number of H-pyrrole nitrogens is 1. The average Bonchev–Trinajstić information content (AvgIpc) is 3.37. The highest BCUT2D eigenvalue weighted by molar-refractivity contribution is 5.97. The van der Waals surface area contributed by atoms with E-state index in [1.807, 2.05) is 62.5 Å². The number of para-hydroxylation sites is 1. The van der Waals surface area contributed by atoms with Crippen LogP contribution in [0.5, 0.6) is 0 Å². The van der Waals surface area contributed by atoms with E-state index in [9.17, 15) is 19.7 Å². The first kappa shape index (κ1) is 28.5. The van der Waals surface area contributed by atoms with Crippen LogP contribution in [-0.2, 0) is 17.8 Å². The van der Waals surface area contributed by atoms with Gasteiger partial charge in [-0.15, -0.1) is 0 Å². The third kappa shape index (κ3) is 6.94. The van der Waals surface area contributed by atoms with Crippen LogP contribution in [0, 0.1) is 24.0 Å². The zero-order valence-corrected chi connectivity index (χ0v) is 23.4. The lowest BCUT2D eigenvalue weighted by atomic mass is 10.1. The lowest BCUT2D eigenvalue weighted by molar-refractivity contribution is -0.385. The van der Waals surface area contributed by atoms with Gasteiger partial charge in [0.2, 0.25) is 5.91 Å². The van der Waals surface area contributed by atoms with Crippen molar-refractivity contribution in [3.63, 3.8) is 0 Å². The molecule has 40 heavy (non-hydrogen) atoms. The van der Waals surface area contributed by atoms with Gasteiger partial charge in [0, 0.05) is 53.9 Å². The van der Waals surface area contributed by atoms with Crippen LogP contribution in [0.25, 0.3) is 10.9 Å². The molecule has 1 N–H and O–H groups in total. The molecule has 4 aromatic rings. The Balaban J connectivity index is 1.57. The Bertz CT molecular complexity index is 1490. The molecule has 4 rings (SSSR count). The lowest BCUT2D eigenvalue weighted by Gasteiger charge is -2.28. The predicted molar refractivity (Wildman–Crippen MR) is 157 cm³/mol. The van der Waals surface area contributed by atoms with Gasteiger partial charge in [-0.1, -0.05) is 67.4 Å². The Labute approximate surface area is 234 Å². The van der Waals surface area contributed by atoms with Gasteiger partial charge in [-0.3, -0.25) is 19.7 Å². The van der Waals surface area contributed by atoms with Gasteiger partial charge < -0.3 is 14.8 Å². The topological polar surface area (TPSA) is 99.6 Å². The Hall–Kier alpha value is -4.46. The molecule has 3 aromatic carbocycles.